The van der Waals surface area contributed by atoms with Crippen molar-refractivity contribution < 1.29 is 4.79 Å². The lowest BCUT2D eigenvalue weighted by Crippen LogP contribution is -2.58. The number of nitrogens with zero attached hydrogens (tertiary/aromatic N) is 1. The van der Waals surface area contributed by atoms with Gasteiger partial charge in [0.15, 0.2) is 0 Å². The zero-order valence-electron chi connectivity index (χ0n) is 14.6. The first kappa shape index (κ1) is 17.0. The maximum absolute atomic E-state index is 12.1. The highest BCUT2D eigenvalue weighted by atomic mass is 16.1. The lowest BCUT2D eigenvalue weighted by Gasteiger charge is -2.53. The Morgan fingerprint density at radius 1 is 1.14 bits per heavy atom. The molecular formula is C19H30N2O. The molecule has 1 N–H and O–H groups in total. The number of carbonyl (C=O) groups excluding carboxylic acids is 1. The molecule has 1 aromatic rings. The van der Waals surface area contributed by atoms with Crippen molar-refractivity contribution in [1.82, 2.24) is 10.2 Å². The zero-order valence-corrected chi connectivity index (χ0v) is 14.6. The second kappa shape index (κ2) is 6.41. The van der Waals surface area contributed by atoms with E-state index >= 15 is 0 Å². The van der Waals surface area contributed by atoms with Gasteiger partial charge in [0.2, 0.25) is 0 Å². The van der Waals surface area contributed by atoms with Gasteiger partial charge < -0.3 is 5.32 Å². The number of piperidine rings is 1. The molecular weight excluding hydrogens is 272 g/mol. The average Bonchev–Trinajstić information content (AvgIpc) is 2.45. The second-order valence-corrected chi connectivity index (χ2v) is 7.87. The topological polar surface area (TPSA) is 32.3 Å². The molecule has 0 radical (unpaired) electrons. The molecule has 1 aliphatic heterocycles. The van der Waals surface area contributed by atoms with E-state index in [1.54, 1.807) is 0 Å². The quantitative estimate of drug-likeness (QED) is 0.919. The summed E-state index contributed by atoms with van der Waals surface area (Å²) in [6.07, 6.45) is 3.43. The Labute approximate surface area is 135 Å². The first-order valence-corrected chi connectivity index (χ1v) is 8.29. The number of likely N-dealkylation sites (tertiary alicyclic amines) is 1. The summed E-state index contributed by atoms with van der Waals surface area (Å²) in [4.78, 5) is 14.6. The summed E-state index contributed by atoms with van der Waals surface area (Å²) in [6.45, 7) is 10.0. The molecule has 0 aliphatic carbocycles. The lowest BCUT2D eigenvalue weighted by molar-refractivity contribution is -0.0313. The molecule has 3 heteroatoms. The Morgan fingerprint density at radius 2 is 1.68 bits per heavy atom. The summed E-state index contributed by atoms with van der Waals surface area (Å²) in [7, 11) is 2.23. The highest BCUT2D eigenvalue weighted by Gasteiger charge is 2.42. The molecule has 2 rings (SSSR count). The lowest BCUT2D eigenvalue weighted by atomic mass is 9.73. The van der Waals surface area contributed by atoms with Gasteiger partial charge >= 0.3 is 0 Å². The van der Waals surface area contributed by atoms with Gasteiger partial charge in [-0.05, 0) is 72.1 Å². The predicted octanol–water partition coefficient (Wildman–Crippen LogP) is 3.71. The van der Waals surface area contributed by atoms with Crippen LogP contribution in [0.25, 0.3) is 0 Å². The number of amides is 1. The molecule has 1 aromatic carbocycles. The maximum atomic E-state index is 12.1. The first-order chi connectivity index (χ1) is 10.2. The third-order valence-corrected chi connectivity index (χ3v) is 5.27. The van der Waals surface area contributed by atoms with Crippen LogP contribution in [-0.4, -0.2) is 35.5 Å². The van der Waals surface area contributed by atoms with E-state index in [2.05, 4.69) is 45.0 Å². The van der Waals surface area contributed by atoms with E-state index in [0.717, 1.165) is 18.5 Å². The van der Waals surface area contributed by atoms with Crippen LogP contribution in [0.5, 0.6) is 0 Å². The molecule has 0 unspecified atom stereocenters. The van der Waals surface area contributed by atoms with Crippen LogP contribution in [0.3, 0.4) is 0 Å². The molecule has 0 spiro atoms. The van der Waals surface area contributed by atoms with Crippen LogP contribution in [0.2, 0.25) is 0 Å². The molecule has 1 heterocycles. The molecule has 1 fully saturated rings. The van der Waals surface area contributed by atoms with Crippen molar-refractivity contribution in [2.75, 3.05) is 13.6 Å². The highest BCUT2D eigenvalue weighted by Crippen LogP contribution is 2.41. The SMILES string of the molecule is CN1C(C)(C)CC(CCNC(=O)c2ccccc2)CC1(C)C. The molecule has 1 saturated heterocycles. The van der Waals surface area contributed by atoms with Gasteiger partial charge in [-0.3, -0.25) is 9.69 Å². The monoisotopic (exact) mass is 302 g/mol. The van der Waals surface area contributed by atoms with Gasteiger partial charge in [0.1, 0.15) is 0 Å². The van der Waals surface area contributed by atoms with E-state index in [4.69, 9.17) is 0 Å². The van der Waals surface area contributed by atoms with Crippen LogP contribution < -0.4 is 5.32 Å². The molecule has 122 valence electrons. The van der Waals surface area contributed by atoms with Crippen LogP contribution in [0, 0.1) is 5.92 Å². The Kier molecular flexibility index (Phi) is 4.96. The zero-order chi connectivity index (χ0) is 16.4. The molecule has 0 saturated carbocycles. The highest BCUT2D eigenvalue weighted by molar-refractivity contribution is 5.94. The van der Waals surface area contributed by atoms with Crippen molar-refractivity contribution in [3.8, 4) is 0 Å². The normalized spacial score (nSPS) is 21.5. The molecule has 1 amide bonds. The minimum atomic E-state index is 0.0343. The molecule has 0 atom stereocenters. The van der Waals surface area contributed by atoms with Crippen molar-refractivity contribution in [3.05, 3.63) is 35.9 Å². The second-order valence-electron chi connectivity index (χ2n) is 7.87. The van der Waals surface area contributed by atoms with Crippen LogP contribution >= 0.6 is 0 Å². The number of nitrogens with one attached hydrogen (secondary N) is 1. The largest absolute Gasteiger partial charge is 0.352 e. The fourth-order valence-electron chi connectivity index (χ4n) is 3.86. The van der Waals surface area contributed by atoms with Gasteiger partial charge in [-0.2, -0.15) is 0 Å². The van der Waals surface area contributed by atoms with E-state index in [9.17, 15) is 4.79 Å². The third-order valence-electron chi connectivity index (χ3n) is 5.27. The molecule has 0 aromatic heterocycles. The van der Waals surface area contributed by atoms with Crippen molar-refractivity contribution in [2.24, 2.45) is 5.92 Å². The van der Waals surface area contributed by atoms with Crippen LogP contribution in [0.4, 0.5) is 0 Å². The molecule has 3 nitrogen and oxygen atoms in total. The maximum Gasteiger partial charge on any atom is 0.251 e. The van der Waals surface area contributed by atoms with E-state index in [1.165, 1.54) is 12.8 Å². The van der Waals surface area contributed by atoms with E-state index in [-0.39, 0.29) is 17.0 Å². The van der Waals surface area contributed by atoms with Gasteiger partial charge in [-0.1, -0.05) is 18.2 Å². The summed E-state index contributed by atoms with van der Waals surface area (Å²) in [5, 5.41) is 3.06. The summed E-state index contributed by atoms with van der Waals surface area (Å²) in [5.41, 5.74) is 1.18. The van der Waals surface area contributed by atoms with Crippen molar-refractivity contribution in [1.29, 1.82) is 0 Å². The Hall–Kier alpha value is -1.35. The fourth-order valence-corrected chi connectivity index (χ4v) is 3.86. The summed E-state index contributed by atoms with van der Waals surface area (Å²) in [5.74, 6) is 0.698. The van der Waals surface area contributed by atoms with Gasteiger partial charge in [-0.15, -0.1) is 0 Å². The Bertz CT molecular complexity index is 489. The molecule has 1 aliphatic rings. The first-order valence-electron chi connectivity index (χ1n) is 8.29. The van der Waals surface area contributed by atoms with Gasteiger partial charge in [0, 0.05) is 23.2 Å². The molecule has 0 bridgehead atoms. The third kappa shape index (κ3) is 3.89. The number of benzene rings is 1. The Morgan fingerprint density at radius 3 is 2.23 bits per heavy atom. The number of hydrogen-bond donors (Lipinski definition) is 1. The van der Waals surface area contributed by atoms with Crippen molar-refractivity contribution in [2.45, 2.75) is 58.0 Å². The van der Waals surface area contributed by atoms with Crippen molar-refractivity contribution >= 4 is 5.91 Å². The minimum Gasteiger partial charge on any atom is -0.352 e. The van der Waals surface area contributed by atoms with E-state index in [1.807, 2.05) is 30.3 Å². The van der Waals surface area contributed by atoms with E-state index < -0.39 is 0 Å². The summed E-state index contributed by atoms with van der Waals surface area (Å²) < 4.78 is 0. The number of hydrogen-bond acceptors (Lipinski definition) is 2. The van der Waals surface area contributed by atoms with Crippen LogP contribution in [0.1, 0.15) is 57.3 Å². The van der Waals surface area contributed by atoms with Crippen molar-refractivity contribution in [3.63, 3.8) is 0 Å². The van der Waals surface area contributed by atoms with Gasteiger partial charge in [-0.25, -0.2) is 0 Å². The summed E-state index contributed by atoms with van der Waals surface area (Å²) >= 11 is 0. The van der Waals surface area contributed by atoms with Crippen LogP contribution in [0.15, 0.2) is 30.3 Å². The summed E-state index contributed by atoms with van der Waals surface area (Å²) in [6, 6.07) is 9.45. The number of rotatable bonds is 4. The smallest absolute Gasteiger partial charge is 0.251 e. The standard InChI is InChI=1S/C19H30N2O/c1-18(2)13-15(14-19(3,4)21(18)5)11-12-20-17(22)16-9-7-6-8-10-16/h6-10,15H,11-14H2,1-5H3,(H,20,22). The molecule has 22 heavy (non-hydrogen) atoms. The predicted molar refractivity (Wildman–Crippen MR) is 92.0 cm³/mol. The Balaban J connectivity index is 1.86. The van der Waals surface area contributed by atoms with Gasteiger partial charge in [0.25, 0.3) is 5.91 Å². The van der Waals surface area contributed by atoms with E-state index in [0.29, 0.717) is 5.92 Å². The minimum absolute atomic E-state index is 0.0343. The fraction of sp³-hybridized carbons (Fsp3) is 0.632. The van der Waals surface area contributed by atoms with Gasteiger partial charge in [0.05, 0.1) is 0 Å². The van der Waals surface area contributed by atoms with Crippen LogP contribution in [-0.2, 0) is 0 Å². The average molecular weight is 302 g/mol. The number of carbonyl (C=O) groups is 1.